The van der Waals surface area contributed by atoms with Crippen LogP contribution in [0.4, 0.5) is 5.69 Å². The number of primary sulfonamides is 1. The number of anilines is 1. The number of sulfonamides is 1. The maximum atomic E-state index is 12.7. The molecule has 0 aliphatic carbocycles. The van der Waals surface area contributed by atoms with Crippen LogP contribution in [0.25, 0.3) is 5.69 Å². The van der Waals surface area contributed by atoms with Crippen molar-refractivity contribution in [2.45, 2.75) is 19.6 Å². The Balaban J connectivity index is 1.82. The van der Waals surface area contributed by atoms with E-state index in [-0.39, 0.29) is 11.7 Å². The van der Waals surface area contributed by atoms with Gasteiger partial charge in [-0.3, -0.25) is 4.79 Å². The summed E-state index contributed by atoms with van der Waals surface area (Å²) in [6.07, 6.45) is 0. The van der Waals surface area contributed by atoms with Gasteiger partial charge in [0.05, 0.1) is 28.4 Å². The second-order valence-corrected chi connectivity index (χ2v) is 7.87. The molecule has 0 bridgehead atoms. The molecule has 0 saturated heterocycles. The molecule has 1 aromatic heterocycles. The number of nitrogens with two attached hydrogens (primary N) is 1. The number of carbonyl (C=O) groups is 1. The molecule has 3 rings (SSSR count). The number of nitrogens with zero attached hydrogens (tertiary/aromatic N) is 2. The first-order valence-electron chi connectivity index (χ1n) is 8.27. The van der Waals surface area contributed by atoms with Crippen molar-refractivity contribution in [1.82, 2.24) is 9.78 Å². The molecule has 2 aromatic carbocycles. The van der Waals surface area contributed by atoms with Crippen LogP contribution in [-0.4, -0.2) is 24.1 Å². The van der Waals surface area contributed by atoms with E-state index in [9.17, 15) is 13.2 Å². The summed E-state index contributed by atoms with van der Waals surface area (Å²) in [5.41, 5.74) is 3.86. The highest BCUT2D eigenvalue weighted by atomic mass is 32.2. The van der Waals surface area contributed by atoms with Crippen LogP contribution in [-0.2, 0) is 15.8 Å². The van der Waals surface area contributed by atoms with Gasteiger partial charge < -0.3 is 5.32 Å². The molecule has 0 radical (unpaired) electrons. The first-order chi connectivity index (χ1) is 12.7. The lowest BCUT2D eigenvalue weighted by Gasteiger charge is -2.08. The van der Waals surface area contributed by atoms with Crippen molar-refractivity contribution in [2.24, 2.45) is 5.14 Å². The topological polar surface area (TPSA) is 107 Å². The summed E-state index contributed by atoms with van der Waals surface area (Å²) >= 11 is 0. The molecule has 3 aromatic rings. The second kappa shape index (κ2) is 7.34. The normalized spacial score (nSPS) is 11.4. The molecule has 27 heavy (non-hydrogen) atoms. The maximum absolute atomic E-state index is 12.7. The molecular formula is C19H20N4O3S. The largest absolute Gasteiger partial charge is 0.322 e. The average molecular weight is 384 g/mol. The SMILES string of the molecule is Cc1nn(-c2ccccc2)c(C)c1C(=O)Nc1ccc(CS(N)(=O)=O)cc1. The second-order valence-electron chi connectivity index (χ2n) is 6.25. The van der Waals surface area contributed by atoms with E-state index in [1.165, 1.54) is 0 Å². The Labute approximate surface area is 157 Å². The molecule has 0 spiro atoms. The van der Waals surface area contributed by atoms with Gasteiger partial charge in [-0.1, -0.05) is 30.3 Å². The Morgan fingerprint density at radius 2 is 1.70 bits per heavy atom. The van der Waals surface area contributed by atoms with Crippen LogP contribution in [0.15, 0.2) is 54.6 Å². The van der Waals surface area contributed by atoms with Crippen molar-refractivity contribution in [3.8, 4) is 5.69 Å². The summed E-state index contributed by atoms with van der Waals surface area (Å²) in [6, 6.07) is 16.1. The fourth-order valence-electron chi connectivity index (χ4n) is 2.90. The van der Waals surface area contributed by atoms with Crippen LogP contribution in [0.1, 0.15) is 27.3 Å². The van der Waals surface area contributed by atoms with Gasteiger partial charge in [0.25, 0.3) is 5.91 Å². The Morgan fingerprint density at radius 1 is 1.07 bits per heavy atom. The number of carbonyl (C=O) groups excluding carboxylic acids is 1. The standard InChI is InChI=1S/C19H20N4O3S/c1-13-18(14(2)23(22-13)17-6-4-3-5-7-17)19(24)21-16-10-8-15(9-11-16)12-27(20,25)26/h3-11H,12H2,1-2H3,(H,21,24)(H2,20,25,26). The van der Waals surface area contributed by atoms with Crippen molar-refractivity contribution in [3.05, 3.63) is 77.1 Å². The highest BCUT2D eigenvalue weighted by Crippen LogP contribution is 2.20. The van der Waals surface area contributed by atoms with Crippen molar-refractivity contribution < 1.29 is 13.2 Å². The van der Waals surface area contributed by atoms with Gasteiger partial charge in [-0.05, 0) is 43.7 Å². The zero-order chi connectivity index (χ0) is 19.6. The molecule has 140 valence electrons. The zero-order valence-corrected chi connectivity index (χ0v) is 15.8. The summed E-state index contributed by atoms with van der Waals surface area (Å²) in [7, 11) is -3.59. The number of benzene rings is 2. The van der Waals surface area contributed by atoms with Gasteiger partial charge in [0.1, 0.15) is 0 Å². The van der Waals surface area contributed by atoms with Crippen molar-refractivity contribution in [2.75, 3.05) is 5.32 Å². The molecule has 3 N–H and O–H groups in total. The van der Waals surface area contributed by atoms with E-state index in [0.717, 1.165) is 11.4 Å². The minimum atomic E-state index is -3.59. The fraction of sp³-hybridized carbons (Fsp3) is 0.158. The summed E-state index contributed by atoms with van der Waals surface area (Å²) in [4.78, 5) is 12.7. The van der Waals surface area contributed by atoms with Gasteiger partial charge in [0.15, 0.2) is 0 Å². The lowest BCUT2D eigenvalue weighted by Crippen LogP contribution is -2.15. The molecule has 0 aliphatic rings. The zero-order valence-electron chi connectivity index (χ0n) is 15.0. The van der Waals surface area contributed by atoms with Crippen LogP contribution < -0.4 is 10.5 Å². The van der Waals surface area contributed by atoms with Gasteiger partial charge in [0, 0.05) is 5.69 Å². The molecule has 0 atom stereocenters. The van der Waals surface area contributed by atoms with E-state index in [0.29, 0.717) is 22.5 Å². The summed E-state index contributed by atoms with van der Waals surface area (Å²) < 4.78 is 24.0. The summed E-state index contributed by atoms with van der Waals surface area (Å²) in [5.74, 6) is -0.519. The molecular weight excluding hydrogens is 364 g/mol. The van der Waals surface area contributed by atoms with Crippen LogP contribution in [0, 0.1) is 13.8 Å². The number of aromatic nitrogens is 2. The van der Waals surface area contributed by atoms with Gasteiger partial charge in [-0.25, -0.2) is 18.2 Å². The van der Waals surface area contributed by atoms with Crippen molar-refractivity contribution in [3.63, 3.8) is 0 Å². The molecule has 0 aliphatic heterocycles. The van der Waals surface area contributed by atoms with E-state index < -0.39 is 10.0 Å². The van der Waals surface area contributed by atoms with Crippen LogP contribution in [0.3, 0.4) is 0 Å². The molecule has 0 fully saturated rings. The van der Waals surface area contributed by atoms with Crippen LogP contribution in [0.5, 0.6) is 0 Å². The number of amides is 1. The van der Waals surface area contributed by atoms with Crippen LogP contribution in [0.2, 0.25) is 0 Å². The number of para-hydroxylation sites is 1. The van der Waals surface area contributed by atoms with E-state index >= 15 is 0 Å². The first-order valence-corrected chi connectivity index (χ1v) is 9.98. The lowest BCUT2D eigenvalue weighted by atomic mass is 10.1. The van der Waals surface area contributed by atoms with E-state index in [1.807, 2.05) is 37.3 Å². The molecule has 7 nitrogen and oxygen atoms in total. The monoisotopic (exact) mass is 384 g/mol. The maximum Gasteiger partial charge on any atom is 0.259 e. The third kappa shape index (κ3) is 4.42. The van der Waals surface area contributed by atoms with Gasteiger partial charge >= 0.3 is 0 Å². The highest BCUT2D eigenvalue weighted by Gasteiger charge is 2.19. The van der Waals surface area contributed by atoms with Gasteiger partial charge in [-0.15, -0.1) is 0 Å². The van der Waals surface area contributed by atoms with E-state index in [4.69, 9.17) is 5.14 Å². The number of hydrogen-bond acceptors (Lipinski definition) is 4. The number of aryl methyl sites for hydroxylation is 1. The predicted octanol–water partition coefficient (Wildman–Crippen LogP) is 2.53. The Hall–Kier alpha value is -2.97. The number of nitrogens with one attached hydrogen (secondary N) is 1. The number of hydrogen-bond donors (Lipinski definition) is 2. The highest BCUT2D eigenvalue weighted by molar-refractivity contribution is 7.88. The molecule has 1 amide bonds. The van der Waals surface area contributed by atoms with E-state index in [2.05, 4.69) is 10.4 Å². The predicted molar refractivity (Wildman–Crippen MR) is 104 cm³/mol. The molecule has 1 heterocycles. The lowest BCUT2D eigenvalue weighted by molar-refractivity contribution is 0.102. The molecule has 0 unspecified atom stereocenters. The molecule has 8 heteroatoms. The van der Waals surface area contributed by atoms with Crippen molar-refractivity contribution >= 4 is 21.6 Å². The average Bonchev–Trinajstić information content (AvgIpc) is 2.90. The fourth-order valence-corrected chi connectivity index (χ4v) is 3.56. The first kappa shape index (κ1) is 18.8. The summed E-state index contributed by atoms with van der Waals surface area (Å²) in [5, 5.41) is 12.3. The smallest absolute Gasteiger partial charge is 0.259 e. The summed E-state index contributed by atoms with van der Waals surface area (Å²) in [6.45, 7) is 3.63. The Bertz CT molecular complexity index is 1070. The third-order valence-electron chi connectivity index (χ3n) is 4.10. The minimum Gasteiger partial charge on any atom is -0.322 e. The van der Waals surface area contributed by atoms with Crippen molar-refractivity contribution in [1.29, 1.82) is 0 Å². The van der Waals surface area contributed by atoms with Gasteiger partial charge in [-0.2, -0.15) is 5.10 Å². The minimum absolute atomic E-state index is 0.247. The molecule has 0 saturated carbocycles. The van der Waals surface area contributed by atoms with E-state index in [1.54, 1.807) is 35.9 Å². The number of rotatable bonds is 5. The van der Waals surface area contributed by atoms with Crippen LogP contribution >= 0.6 is 0 Å². The Morgan fingerprint density at radius 3 is 2.30 bits per heavy atom. The Kier molecular flexibility index (Phi) is 5.11. The quantitative estimate of drug-likeness (QED) is 0.705. The third-order valence-corrected chi connectivity index (χ3v) is 4.83. The van der Waals surface area contributed by atoms with Gasteiger partial charge in [0.2, 0.25) is 10.0 Å².